The third-order valence-corrected chi connectivity index (χ3v) is 16.3. The zero-order valence-corrected chi connectivity index (χ0v) is 43.7. The maximum absolute atomic E-state index is 9.21. The topological polar surface area (TPSA) is 13.1 Å². The minimum Gasteiger partial charge on any atom is -0.455 e. The van der Waals surface area contributed by atoms with Gasteiger partial charge in [0.05, 0.1) is 11.0 Å². The van der Waals surface area contributed by atoms with E-state index < -0.39 is 24.2 Å². The van der Waals surface area contributed by atoms with Crippen molar-refractivity contribution in [2.24, 2.45) is 0 Å². The Morgan fingerprint density at radius 1 is 0.235 bits per heavy atom. The van der Waals surface area contributed by atoms with Gasteiger partial charge in [-0.05, 0) is 155 Å². The second kappa shape index (κ2) is 19.1. The maximum Gasteiger partial charge on any atom is 0.143 e. The van der Waals surface area contributed by atoms with Crippen molar-refractivity contribution in [2.75, 3.05) is 0 Å². The minimum absolute atomic E-state index is 0.208. The smallest absolute Gasteiger partial charge is 0.143 e. The first-order valence-electron chi connectivity index (χ1n) is 31.3. The first kappa shape index (κ1) is 38.9. The minimum atomic E-state index is -0.411. The normalized spacial score (nSPS) is 13.1. The summed E-state index contributed by atoms with van der Waals surface area (Å²) in [6.45, 7) is 0. The van der Waals surface area contributed by atoms with E-state index in [2.05, 4.69) is 170 Å². The average Bonchev–Trinajstić information content (AvgIpc) is 1.11. The lowest BCUT2D eigenvalue weighted by Gasteiger charge is -2.19. The van der Waals surface area contributed by atoms with E-state index in [1.54, 1.807) is 0 Å². The van der Waals surface area contributed by atoms with Crippen LogP contribution in [0.4, 0.5) is 0 Å². The Morgan fingerprint density at radius 3 is 1.19 bits per heavy atom. The van der Waals surface area contributed by atoms with Crippen LogP contribution in [0.25, 0.3) is 164 Å². The molecule has 0 unspecified atom stereocenters. The summed E-state index contributed by atoms with van der Waals surface area (Å²) in [5.41, 5.74) is 10.7. The van der Waals surface area contributed by atoms with Gasteiger partial charge in [-0.1, -0.05) is 285 Å². The van der Waals surface area contributed by atoms with Gasteiger partial charge in [-0.25, -0.2) is 0 Å². The molecule has 0 bridgehead atoms. The molecule has 0 aliphatic rings. The largest absolute Gasteiger partial charge is 0.455 e. The third-order valence-electron chi connectivity index (χ3n) is 16.3. The number of fused-ring (bicyclic) bond motifs is 12. The van der Waals surface area contributed by atoms with E-state index in [9.17, 15) is 5.48 Å². The first-order valence-corrected chi connectivity index (χ1v) is 27.3. The predicted molar refractivity (Wildman–Crippen MR) is 347 cm³/mol. The van der Waals surface area contributed by atoms with Gasteiger partial charge in [0.1, 0.15) is 11.2 Å². The number of furan rings is 1. The summed E-state index contributed by atoms with van der Waals surface area (Å²) in [5.74, 6) is 0. The Balaban J connectivity index is 0.000000145. The molecule has 0 atom stereocenters. The van der Waals surface area contributed by atoms with Crippen molar-refractivity contribution < 1.29 is 15.4 Å². The Kier molecular flexibility index (Phi) is 9.16. The Hall–Kier alpha value is -10.6. The molecule has 0 aliphatic heterocycles. The molecule has 0 saturated carbocycles. The number of benzene rings is 16. The Morgan fingerprint density at radius 2 is 0.617 bits per heavy atom. The van der Waals surface area contributed by atoms with Crippen molar-refractivity contribution in [3.63, 3.8) is 0 Å². The fraction of sp³-hybridized carbons (Fsp3) is 0. The summed E-state index contributed by atoms with van der Waals surface area (Å²) in [6, 6.07) is 85.0. The van der Waals surface area contributed by atoms with Crippen LogP contribution < -0.4 is 0 Å². The molecule has 81 heavy (non-hydrogen) atoms. The van der Waals surface area contributed by atoms with E-state index in [1.807, 2.05) is 84.9 Å². The molecule has 17 rings (SSSR count). The number of rotatable bonds is 5. The molecule has 376 valence electrons. The van der Waals surface area contributed by atoms with Crippen LogP contribution in [0.15, 0.2) is 308 Å². The van der Waals surface area contributed by atoms with E-state index >= 15 is 0 Å². The molecule has 1 heterocycles. The third kappa shape index (κ3) is 7.62. The molecule has 17 aromatic rings. The molecule has 1 aromatic heterocycles. The summed E-state index contributed by atoms with van der Waals surface area (Å²) in [5, 5.41) is 17.0. The van der Waals surface area contributed by atoms with Crippen LogP contribution >= 0.6 is 0 Å². The highest BCUT2D eigenvalue weighted by Crippen LogP contribution is 2.49. The monoisotopic (exact) mass is 1030 g/mol. The molecule has 16 aromatic carbocycles. The molecule has 1 nitrogen and oxygen atoms in total. The lowest BCUT2D eigenvalue weighted by Crippen LogP contribution is -1.92. The molecule has 0 spiro atoms. The van der Waals surface area contributed by atoms with E-state index in [0.717, 1.165) is 54.6 Å². The summed E-state index contributed by atoms with van der Waals surface area (Å²) in [4.78, 5) is 0. The van der Waals surface area contributed by atoms with Gasteiger partial charge in [0.2, 0.25) is 0 Å². The SMILES string of the molecule is [2H]c1c([2H])c([2H])c2c(-c3cccc4ccccc34)c3c([2H])c([2H])c([2H])c([2H])c3c(-c3ccc(-c4ccc5ccccc5c4)cc3)c2c1[2H].c1ccc2c(-c3c4ccccc4c(-c4cccc5oc6c7ccccc7ccc6c45)c4ccccc34)cccc2c1. The summed E-state index contributed by atoms with van der Waals surface area (Å²) in [6.07, 6.45) is 0. The van der Waals surface area contributed by atoms with Gasteiger partial charge in [0.25, 0.3) is 0 Å². The second-order valence-electron chi connectivity index (χ2n) is 20.7. The highest BCUT2D eigenvalue weighted by molar-refractivity contribution is 6.28. The van der Waals surface area contributed by atoms with E-state index in [0.29, 0.717) is 22.3 Å². The van der Waals surface area contributed by atoms with Crippen molar-refractivity contribution in [1.82, 2.24) is 0 Å². The summed E-state index contributed by atoms with van der Waals surface area (Å²) < 4.78 is 78.1. The van der Waals surface area contributed by atoms with Crippen LogP contribution in [0.2, 0.25) is 0 Å². The van der Waals surface area contributed by atoms with Gasteiger partial charge in [-0.3, -0.25) is 0 Å². The standard InChI is InChI=1S/C40H24O.C40H26/c1-3-14-27-25(11-1)13-9-20-29(27)37-30-16-5-7-18-32(30)38(33-19-8-6-17-31(33)37)34-21-10-22-36-39(34)35-24-23-26-12-2-4-15-28(26)40(35)41-36;1-2-12-31-26-32(25-22-27(31)10-1)28-20-23-30(24-21-28)39-35-15-5-7-17-37(35)40(38-18-8-6-16-36(38)39)34-19-9-13-29-11-3-4-14-33(29)34/h1-24H;1-26H/i;5D,6D,7D,8D,15D,16D,17D,18D. The highest BCUT2D eigenvalue weighted by Gasteiger charge is 2.22. The molecule has 0 aliphatic carbocycles. The van der Waals surface area contributed by atoms with Crippen LogP contribution in [-0.2, 0) is 0 Å². The van der Waals surface area contributed by atoms with Gasteiger partial charge < -0.3 is 4.42 Å². The fourth-order valence-electron chi connectivity index (χ4n) is 12.7. The number of hydrogen-bond donors (Lipinski definition) is 0. The summed E-state index contributed by atoms with van der Waals surface area (Å²) in [7, 11) is 0. The van der Waals surface area contributed by atoms with Crippen LogP contribution in [0, 0.1) is 0 Å². The molecule has 0 saturated heterocycles. The zero-order chi connectivity index (χ0) is 60.3. The molecule has 1 heteroatoms. The molecule has 0 N–H and O–H groups in total. The van der Waals surface area contributed by atoms with Crippen molar-refractivity contribution in [3.05, 3.63) is 303 Å². The maximum atomic E-state index is 9.21. The molecular formula is C80H50O. The highest BCUT2D eigenvalue weighted by atomic mass is 16.3. The van der Waals surface area contributed by atoms with Crippen molar-refractivity contribution in [1.29, 1.82) is 0 Å². The Labute approximate surface area is 480 Å². The van der Waals surface area contributed by atoms with Crippen molar-refractivity contribution >= 4 is 108 Å². The average molecular weight is 1040 g/mol. The summed E-state index contributed by atoms with van der Waals surface area (Å²) >= 11 is 0. The van der Waals surface area contributed by atoms with Crippen LogP contribution in [0.5, 0.6) is 0 Å². The quantitative estimate of drug-likeness (QED) is 0.157. The van der Waals surface area contributed by atoms with Crippen molar-refractivity contribution in [2.45, 2.75) is 0 Å². The number of hydrogen-bond acceptors (Lipinski definition) is 1. The van der Waals surface area contributed by atoms with Gasteiger partial charge in [-0.15, -0.1) is 0 Å². The zero-order valence-electron chi connectivity index (χ0n) is 51.7. The van der Waals surface area contributed by atoms with E-state index in [1.165, 1.54) is 65.3 Å². The van der Waals surface area contributed by atoms with Crippen LogP contribution in [0.1, 0.15) is 11.0 Å². The van der Waals surface area contributed by atoms with Crippen LogP contribution in [0.3, 0.4) is 0 Å². The lowest BCUT2D eigenvalue weighted by molar-refractivity contribution is 0.673. The molecule has 0 radical (unpaired) electrons. The first-order chi connectivity index (χ1) is 43.5. The van der Waals surface area contributed by atoms with Gasteiger partial charge in [-0.2, -0.15) is 0 Å². The Bertz CT molecular complexity index is 5700. The van der Waals surface area contributed by atoms with E-state index in [-0.39, 0.29) is 45.7 Å². The second-order valence-corrected chi connectivity index (χ2v) is 20.7. The van der Waals surface area contributed by atoms with Gasteiger partial charge in [0.15, 0.2) is 0 Å². The van der Waals surface area contributed by atoms with Crippen LogP contribution in [-0.4, -0.2) is 0 Å². The van der Waals surface area contributed by atoms with Gasteiger partial charge >= 0.3 is 0 Å². The molecule has 0 fully saturated rings. The van der Waals surface area contributed by atoms with Gasteiger partial charge in [0, 0.05) is 16.2 Å². The van der Waals surface area contributed by atoms with Crippen molar-refractivity contribution in [3.8, 4) is 55.6 Å². The lowest BCUT2D eigenvalue weighted by atomic mass is 9.84. The predicted octanol–water partition coefficient (Wildman–Crippen LogP) is 22.8. The van der Waals surface area contributed by atoms with E-state index in [4.69, 9.17) is 9.90 Å². The molecule has 0 amide bonds. The fourth-order valence-corrected chi connectivity index (χ4v) is 12.7. The molecular weight excluding hydrogens is 977 g/mol.